The summed E-state index contributed by atoms with van der Waals surface area (Å²) in [7, 11) is 0. The largest absolute Gasteiger partial charge is 0.288 e. The number of benzene rings is 1. The Morgan fingerprint density at radius 3 is 2.62 bits per heavy atom. The average Bonchev–Trinajstić information content (AvgIpc) is 2.53. The molecule has 0 fully saturated rings. The van der Waals surface area contributed by atoms with E-state index in [-0.39, 0.29) is 37.3 Å². The molecule has 1 heterocycles. The summed E-state index contributed by atoms with van der Waals surface area (Å²) in [6.45, 7) is 0. The first kappa shape index (κ1) is 18.2. The lowest BCUT2D eigenvalue weighted by Crippen LogP contribution is -1.98. The van der Waals surface area contributed by atoms with E-state index in [4.69, 9.17) is 51.7 Å². The van der Waals surface area contributed by atoms with Crippen LogP contribution in [-0.2, 0) is 0 Å². The lowest BCUT2D eigenvalue weighted by molar-refractivity contribution is -0.384. The maximum Gasteiger partial charge on any atom is 0.288 e. The molecule has 24 heavy (non-hydrogen) atoms. The topological polar surface area (TPSA) is 104 Å². The van der Waals surface area contributed by atoms with Crippen molar-refractivity contribution in [2.24, 2.45) is 5.10 Å². The number of nitrogens with one attached hydrogen (secondary N) is 1. The Labute approximate surface area is 155 Å². The van der Waals surface area contributed by atoms with Crippen LogP contribution >= 0.6 is 46.4 Å². The quantitative estimate of drug-likeness (QED) is 0.337. The van der Waals surface area contributed by atoms with Gasteiger partial charge in [-0.15, -0.1) is 0 Å². The second-order valence-corrected chi connectivity index (χ2v) is 5.73. The summed E-state index contributed by atoms with van der Waals surface area (Å²) in [4.78, 5) is 14.1. The van der Waals surface area contributed by atoms with Gasteiger partial charge in [0, 0.05) is 11.6 Å². The van der Waals surface area contributed by atoms with E-state index >= 15 is 0 Å². The number of halogens is 4. The van der Waals surface area contributed by atoms with Gasteiger partial charge in [-0.05, 0) is 6.07 Å². The molecule has 0 radical (unpaired) electrons. The number of pyridine rings is 1. The van der Waals surface area contributed by atoms with Crippen LogP contribution in [0.2, 0.25) is 20.2 Å². The van der Waals surface area contributed by atoms with Gasteiger partial charge in [-0.25, -0.2) is 4.98 Å². The van der Waals surface area contributed by atoms with E-state index in [9.17, 15) is 10.1 Å². The highest BCUT2D eigenvalue weighted by Crippen LogP contribution is 2.34. The monoisotopic (exact) mass is 403 g/mol. The molecule has 0 aliphatic rings. The van der Waals surface area contributed by atoms with E-state index in [1.165, 1.54) is 24.4 Å². The average molecular weight is 405 g/mol. The van der Waals surface area contributed by atoms with Gasteiger partial charge >= 0.3 is 0 Å². The van der Waals surface area contributed by atoms with Gasteiger partial charge in [0.2, 0.25) is 0 Å². The first-order valence-corrected chi connectivity index (χ1v) is 7.54. The summed E-state index contributed by atoms with van der Waals surface area (Å²) in [5.74, 6) is 0.0328. The molecular weight excluding hydrogens is 400 g/mol. The van der Waals surface area contributed by atoms with Crippen LogP contribution in [0.25, 0.3) is 0 Å². The fourth-order valence-corrected chi connectivity index (χ4v) is 2.45. The van der Waals surface area contributed by atoms with Gasteiger partial charge in [0.1, 0.15) is 21.7 Å². The predicted molar refractivity (Wildman–Crippen MR) is 93.3 cm³/mol. The number of anilines is 1. The molecule has 1 aromatic heterocycles. The van der Waals surface area contributed by atoms with Crippen LogP contribution in [0.1, 0.15) is 11.1 Å². The Kier molecular flexibility index (Phi) is 5.80. The zero-order valence-electron chi connectivity index (χ0n) is 11.4. The van der Waals surface area contributed by atoms with Crippen molar-refractivity contribution in [1.82, 2.24) is 4.98 Å². The Balaban J connectivity index is 2.26. The third kappa shape index (κ3) is 3.86. The van der Waals surface area contributed by atoms with Crippen molar-refractivity contribution in [2.75, 3.05) is 5.43 Å². The van der Waals surface area contributed by atoms with E-state index in [2.05, 4.69) is 15.5 Å². The summed E-state index contributed by atoms with van der Waals surface area (Å²) in [5.41, 5.74) is 2.62. The number of nitriles is 1. The molecule has 0 saturated heterocycles. The van der Waals surface area contributed by atoms with Gasteiger partial charge in [-0.2, -0.15) is 10.4 Å². The van der Waals surface area contributed by atoms with Gasteiger partial charge in [-0.3, -0.25) is 15.5 Å². The third-order valence-corrected chi connectivity index (χ3v) is 4.13. The minimum Gasteiger partial charge on any atom is -0.260 e. The number of aromatic nitrogens is 1. The molecule has 0 unspecified atom stereocenters. The fourth-order valence-electron chi connectivity index (χ4n) is 1.59. The number of nitro benzene ring substituents is 1. The maximum atomic E-state index is 10.8. The summed E-state index contributed by atoms with van der Waals surface area (Å²) < 4.78 is 0. The van der Waals surface area contributed by atoms with Crippen molar-refractivity contribution in [3.63, 3.8) is 0 Å². The van der Waals surface area contributed by atoms with Gasteiger partial charge in [0.25, 0.3) is 5.69 Å². The normalized spacial score (nSPS) is 10.6. The first-order chi connectivity index (χ1) is 11.3. The SMILES string of the molecule is N#Cc1c(Cl)nc(NN=Cc2ccc(Cl)c([N+](=O)[O-])c2)c(Cl)c1Cl. The highest BCUT2D eigenvalue weighted by atomic mass is 35.5. The minimum absolute atomic E-state index is 0.0143. The van der Waals surface area contributed by atoms with E-state index in [0.29, 0.717) is 5.56 Å². The van der Waals surface area contributed by atoms with Crippen LogP contribution in [0, 0.1) is 21.4 Å². The molecule has 0 bridgehead atoms. The van der Waals surface area contributed by atoms with Gasteiger partial charge in [0.05, 0.1) is 16.2 Å². The van der Waals surface area contributed by atoms with Crippen molar-refractivity contribution in [2.45, 2.75) is 0 Å². The molecule has 11 heteroatoms. The minimum atomic E-state index is -0.605. The molecule has 7 nitrogen and oxygen atoms in total. The summed E-state index contributed by atoms with van der Waals surface area (Å²) in [6, 6.07) is 5.95. The summed E-state index contributed by atoms with van der Waals surface area (Å²) >= 11 is 23.4. The molecule has 2 rings (SSSR count). The molecule has 1 aromatic carbocycles. The van der Waals surface area contributed by atoms with Crippen LogP contribution in [0.3, 0.4) is 0 Å². The van der Waals surface area contributed by atoms with E-state index in [1.807, 2.05) is 0 Å². The molecular formula is C13H5Cl4N5O2. The highest BCUT2D eigenvalue weighted by molar-refractivity contribution is 6.45. The predicted octanol–water partition coefficient (Wildman–Crippen LogP) is 4.92. The molecule has 0 aliphatic heterocycles. The zero-order valence-corrected chi connectivity index (χ0v) is 14.5. The Hall–Kier alpha value is -2.11. The van der Waals surface area contributed by atoms with Crippen molar-refractivity contribution in [1.29, 1.82) is 5.26 Å². The molecule has 0 saturated carbocycles. The number of nitrogens with zero attached hydrogens (tertiary/aromatic N) is 4. The lowest BCUT2D eigenvalue weighted by atomic mass is 10.2. The van der Waals surface area contributed by atoms with Crippen LogP contribution < -0.4 is 5.43 Å². The van der Waals surface area contributed by atoms with Crippen LogP contribution in [0.5, 0.6) is 0 Å². The number of hydrogen-bond acceptors (Lipinski definition) is 6. The standard InChI is InChI=1S/C13H5Cl4N5O2/c14-8-2-1-6(3-9(8)22(23)24)5-19-21-13-11(16)10(15)7(4-18)12(17)20-13/h1-3,5H,(H,20,21). The zero-order chi connectivity index (χ0) is 17.9. The van der Waals surface area contributed by atoms with Crippen molar-refractivity contribution in [3.8, 4) is 6.07 Å². The van der Waals surface area contributed by atoms with Crippen molar-refractivity contribution in [3.05, 3.63) is 59.7 Å². The van der Waals surface area contributed by atoms with Gasteiger partial charge < -0.3 is 0 Å². The smallest absolute Gasteiger partial charge is 0.260 e. The van der Waals surface area contributed by atoms with Crippen LogP contribution in [0.4, 0.5) is 11.5 Å². The molecule has 0 spiro atoms. The number of nitro groups is 1. The van der Waals surface area contributed by atoms with Crippen LogP contribution in [-0.4, -0.2) is 16.1 Å². The van der Waals surface area contributed by atoms with Crippen molar-refractivity contribution >= 4 is 64.1 Å². The first-order valence-electron chi connectivity index (χ1n) is 6.02. The lowest BCUT2D eigenvalue weighted by Gasteiger charge is -2.06. The van der Waals surface area contributed by atoms with Gasteiger partial charge in [0.15, 0.2) is 11.0 Å². The Bertz CT molecular complexity index is 895. The van der Waals surface area contributed by atoms with Crippen LogP contribution in [0.15, 0.2) is 23.3 Å². The number of rotatable bonds is 4. The van der Waals surface area contributed by atoms with E-state index in [1.54, 1.807) is 6.07 Å². The molecule has 122 valence electrons. The summed E-state index contributed by atoms with van der Waals surface area (Å²) in [6.07, 6.45) is 1.29. The highest BCUT2D eigenvalue weighted by Gasteiger charge is 2.16. The molecule has 2 aromatic rings. The third-order valence-electron chi connectivity index (χ3n) is 2.70. The Morgan fingerprint density at radius 2 is 2.00 bits per heavy atom. The molecule has 1 N–H and O–H groups in total. The molecule has 0 aliphatic carbocycles. The molecule has 0 atom stereocenters. The second kappa shape index (κ2) is 7.64. The maximum absolute atomic E-state index is 10.8. The van der Waals surface area contributed by atoms with Gasteiger partial charge in [-0.1, -0.05) is 52.5 Å². The molecule has 0 amide bonds. The second-order valence-electron chi connectivity index (χ2n) is 4.20. The fraction of sp³-hybridized carbons (Fsp3) is 0. The van der Waals surface area contributed by atoms with Crippen molar-refractivity contribution < 1.29 is 4.92 Å². The Morgan fingerprint density at radius 1 is 1.29 bits per heavy atom. The number of hydrogen-bond donors (Lipinski definition) is 1. The summed E-state index contributed by atoms with van der Waals surface area (Å²) in [5, 5.41) is 23.4. The van der Waals surface area contributed by atoms with E-state index < -0.39 is 4.92 Å². The van der Waals surface area contributed by atoms with E-state index in [0.717, 1.165) is 0 Å². The number of hydrazone groups is 1.